The van der Waals surface area contributed by atoms with Crippen LogP contribution in [0.1, 0.15) is 23.6 Å². The van der Waals surface area contributed by atoms with Gasteiger partial charge in [-0.15, -0.1) is 0 Å². The molecule has 7 heteroatoms. The molecule has 32 heavy (non-hydrogen) atoms. The van der Waals surface area contributed by atoms with Gasteiger partial charge in [-0.05, 0) is 72.9 Å². The quantitative estimate of drug-likeness (QED) is 0.582. The van der Waals surface area contributed by atoms with Crippen molar-refractivity contribution in [3.63, 3.8) is 0 Å². The number of carbonyl (C=O) groups is 1. The molecule has 0 saturated heterocycles. The van der Waals surface area contributed by atoms with E-state index >= 15 is 0 Å². The van der Waals surface area contributed by atoms with Crippen molar-refractivity contribution in [2.24, 2.45) is 0 Å². The van der Waals surface area contributed by atoms with Crippen LogP contribution >= 0.6 is 0 Å². The zero-order valence-corrected chi connectivity index (χ0v) is 19.0. The van der Waals surface area contributed by atoms with Gasteiger partial charge in [0.15, 0.2) is 6.61 Å². The second-order valence-corrected chi connectivity index (χ2v) is 9.63. The molecule has 1 amide bonds. The van der Waals surface area contributed by atoms with Crippen molar-refractivity contribution in [3.05, 3.63) is 83.4 Å². The Morgan fingerprint density at radius 2 is 1.81 bits per heavy atom. The van der Waals surface area contributed by atoms with E-state index in [0.717, 1.165) is 17.7 Å². The van der Waals surface area contributed by atoms with E-state index in [9.17, 15) is 13.2 Å². The lowest BCUT2D eigenvalue weighted by atomic mass is 10.1. The molecule has 4 rings (SSSR count). The maximum Gasteiger partial charge on any atom is 0.264 e. The zero-order valence-electron chi connectivity index (χ0n) is 18.2. The molecule has 1 aliphatic rings. The fourth-order valence-electron chi connectivity index (χ4n) is 3.79. The molecule has 1 N–H and O–H groups in total. The van der Waals surface area contributed by atoms with E-state index in [0.29, 0.717) is 30.0 Å². The van der Waals surface area contributed by atoms with Gasteiger partial charge in [0.05, 0.1) is 10.6 Å². The molecule has 1 aliphatic heterocycles. The minimum Gasteiger partial charge on any atom is -0.483 e. The second kappa shape index (κ2) is 9.04. The largest absolute Gasteiger partial charge is 0.483 e. The summed E-state index contributed by atoms with van der Waals surface area (Å²) >= 11 is 0. The van der Waals surface area contributed by atoms with Crippen molar-refractivity contribution in [1.82, 2.24) is 0 Å². The number of sulfonamides is 1. The maximum atomic E-state index is 13.2. The number of fused-ring (bicyclic) bond motifs is 1. The Hall–Kier alpha value is -3.32. The van der Waals surface area contributed by atoms with Crippen LogP contribution in [0.2, 0.25) is 0 Å². The molecule has 0 aliphatic carbocycles. The first kappa shape index (κ1) is 21.9. The lowest BCUT2D eigenvalue weighted by molar-refractivity contribution is -0.118. The van der Waals surface area contributed by atoms with E-state index < -0.39 is 10.0 Å². The highest BCUT2D eigenvalue weighted by Gasteiger charge is 2.30. The fraction of sp³-hybridized carbons (Fsp3) is 0.240. The first-order chi connectivity index (χ1) is 15.4. The highest BCUT2D eigenvalue weighted by molar-refractivity contribution is 7.92. The van der Waals surface area contributed by atoms with Gasteiger partial charge in [0, 0.05) is 12.2 Å². The molecule has 0 radical (unpaired) electrons. The van der Waals surface area contributed by atoms with Crippen LogP contribution in [0.5, 0.6) is 5.75 Å². The third-order valence-corrected chi connectivity index (χ3v) is 7.39. The van der Waals surface area contributed by atoms with E-state index in [-0.39, 0.29) is 17.4 Å². The smallest absolute Gasteiger partial charge is 0.264 e. The van der Waals surface area contributed by atoms with Gasteiger partial charge in [0.1, 0.15) is 5.75 Å². The van der Waals surface area contributed by atoms with Crippen LogP contribution in [0.25, 0.3) is 0 Å². The summed E-state index contributed by atoms with van der Waals surface area (Å²) in [6.45, 7) is 4.11. The highest BCUT2D eigenvalue weighted by atomic mass is 32.2. The molecule has 1 heterocycles. The summed E-state index contributed by atoms with van der Waals surface area (Å²) in [5, 5.41) is 2.80. The maximum absolute atomic E-state index is 13.2. The van der Waals surface area contributed by atoms with Crippen molar-refractivity contribution >= 4 is 27.3 Å². The van der Waals surface area contributed by atoms with Crippen molar-refractivity contribution in [3.8, 4) is 5.75 Å². The Balaban J connectivity index is 1.42. The third-order valence-electron chi connectivity index (χ3n) is 5.58. The SMILES string of the molecule is CCc1ccc(NC(=O)COc2ccc(S(=O)(=O)N3CCc4ccccc43)cc2C)cc1. The Bertz CT molecular complexity index is 1240. The van der Waals surface area contributed by atoms with E-state index in [1.165, 1.54) is 15.9 Å². The molecule has 0 bridgehead atoms. The third kappa shape index (κ3) is 4.48. The first-order valence-electron chi connectivity index (χ1n) is 10.6. The Morgan fingerprint density at radius 3 is 2.53 bits per heavy atom. The van der Waals surface area contributed by atoms with Crippen LogP contribution in [0.15, 0.2) is 71.6 Å². The molecule has 0 saturated carbocycles. The summed E-state index contributed by atoms with van der Waals surface area (Å²) in [5.41, 5.74) is 4.32. The standard InChI is InChI=1S/C25H26N2O4S/c1-3-19-8-10-21(11-9-19)26-25(28)17-31-24-13-12-22(16-18(24)2)32(29,30)27-15-14-20-6-4-5-7-23(20)27/h4-13,16H,3,14-15,17H2,1-2H3,(H,26,28). The lowest BCUT2D eigenvalue weighted by Crippen LogP contribution is -2.29. The van der Waals surface area contributed by atoms with Gasteiger partial charge in [0.2, 0.25) is 0 Å². The molecule has 0 fully saturated rings. The average molecular weight is 451 g/mol. The highest BCUT2D eigenvalue weighted by Crippen LogP contribution is 2.33. The number of nitrogens with zero attached hydrogens (tertiary/aromatic N) is 1. The number of nitrogens with one attached hydrogen (secondary N) is 1. The van der Waals surface area contributed by atoms with Gasteiger partial charge >= 0.3 is 0 Å². The van der Waals surface area contributed by atoms with Gasteiger partial charge in [-0.25, -0.2) is 8.42 Å². The molecule has 0 aromatic heterocycles. The number of benzene rings is 3. The minimum absolute atomic E-state index is 0.165. The number of rotatable bonds is 7. The average Bonchev–Trinajstić information content (AvgIpc) is 3.24. The van der Waals surface area contributed by atoms with Crippen LogP contribution in [0, 0.1) is 6.92 Å². The molecule has 166 valence electrons. The molecule has 3 aromatic rings. The van der Waals surface area contributed by atoms with Crippen LogP contribution in [0.4, 0.5) is 11.4 Å². The number of amides is 1. The lowest BCUT2D eigenvalue weighted by Gasteiger charge is -2.20. The Kier molecular flexibility index (Phi) is 6.19. The summed E-state index contributed by atoms with van der Waals surface area (Å²) in [5.74, 6) is 0.196. The van der Waals surface area contributed by atoms with Crippen molar-refractivity contribution in [1.29, 1.82) is 0 Å². The number of hydrogen-bond acceptors (Lipinski definition) is 4. The number of para-hydroxylation sites is 1. The monoisotopic (exact) mass is 450 g/mol. The number of carbonyl (C=O) groups excluding carboxylic acids is 1. The number of hydrogen-bond donors (Lipinski definition) is 1. The van der Waals surface area contributed by atoms with E-state index in [4.69, 9.17) is 4.74 Å². The molecule has 0 spiro atoms. The van der Waals surface area contributed by atoms with Crippen LogP contribution < -0.4 is 14.4 Å². The first-order valence-corrected chi connectivity index (χ1v) is 12.1. The van der Waals surface area contributed by atoms with Crippen molar-refractivity contribution < 1.29 is 17.9 Å². The Morgan fingerprint density at radius 1 is 1.06 bits per heavy atom. The fourth-order valence-corrected chi connectivity index (χ4v) is 5.38. The van der Waals surface area contributed by atoms with E-state index in [2.05, 4.69) is 12.2 Å². The summed E-state index contributed by atoms with van der Waals surface area (Å²) in [4.78, 5) is 12.4. The normalized spacial score (nSPS) is 13.0. The molecule has 0 atom stereocenters. The van der Waals surface area contributed by atoms with Gasteiger partial charge in [-0.1, -0.05) is 37.3 Å². The summed E-state index contributed by atoms with van der Waals surface area (Å²) in [6, 6.07) is 19.9. The number of ether oxygens (including phenoxy) is 1. The van der Waals surface area contributed by atoms with Crippen molar-refractivity contribution in [2.75, 3.05) is 22.8 Å². The molecule has 3 aromatic carbocycles. The van der Waals surface area contributed by atoms with Gasteiger partial charge in [-0.2, -0.15) is 0 Å². The zero-order chi connectivity index (χ0) is 22.7. The summed E-state index contributed by atoms with van der Waals surface area (Å²) < 4.78 is 33.5. The van der Waals surface area contributed by atoms with Gasteiger partial charge in [0.25, 0.3) is 15.9 Å². The van der Waals surface area contributed by atoms with Crippen LogP contribution in [-0.4, -0.2) is 27.5 Å². The number of anilines is 2. The van der Waals surface area contributed by atoms with Gasteiger partial charge < -0.3 is 10.1 Å². The summed E-state index contributed by atoms with van der Waals surface area (Å²) in [6.07, 6.45) is 1.64. The molecular weight excluding hydrogens is 424 g/mol. The van der Waals surface area contributed by atoms with E-state index in [1.54, 1.807) is 19.1 Å². The van der Waals surface area contributed by atoms with Crippen LogP contribution in [0.3, 0.4) is 0 Å². The second-order valence-electron chi connectivity index (χ2n) is 7.77. The molecule has 0 unspecified atom stereocenters. The summed E-state index contributed by atoms with van der Waals surface area (Å²) in [7, 11) is -3.67. The predicted octanol–water partition coefficient (Wildman–Crippen LogP) is 4.33. The topological polar surface area (TPSA) is 75.7 Å². The Labute approximate surface area is 188 Å². The molecular formula is C25H26N2O4S. The van der Waals surface area contributed by atoms with Crippen LogP contribution in [-0.2, 0) is 27.7 Å². The predicted molar refractivity (Wildman–Crippen MR) is 126 cm³/mol. The number of aryl methyl sites for hydroxylation is 2. The van der Waals surface area contributed by atoms with Crippen molar-refractivity contribution in [2.45, 2.75) is 31.6 Å². The minimum atomic E-state index is -3.67. The van der Waals surface area contributed by atoms with Gasteiger partial charge in [-0.3, -0.25) is 9.10 Å². The van der Waals surface area contributed by atoms with E-state index in [1.807, 2.05) is 48.5 Å². The molecule has 6 nitrogen and oxygen atoms in total.